The Kier molecular flexibility index (Phi) is 4.73. The van der Waals surface area contributed by atoms with Crippen LogP contribution in [0.5, 0.6) is 0 Å². The number of hydrogen-bond donors (Lipinski definition) is 2. The Hall–Kier alpha value is -3.27. The van der Waals surface area contributed by atoms with E-state index in [0.29, 0.717) is 51.3 Å². The number of amides is 2. The number of nitrogens with one attached hydrogen (secondary N) is 1. The second-order valence-electron chi connectivity index (χ2n) is 7.88. The van der Waals surface area contributed by atoms with Crippen LogP contribution in [0.2, 0.25) is 0 Å². The van der Waals surface area contributed by atoms with E-state index in [1.54, 1.807) is 39.9 Å². The van der Waals surface area contributed by atoms with Crippen molar-refractivity contribution >= 4 is 56.6 Å². The first-order chi connectivity index (χ1) is 15.0. The molecule has 5 rings (SSSR count). The van der Waals surface area contributed by atoms with E-state index in [0.717, 1.165) is 6.42 Å². The summed E-state index contributed by atoms with van der Waals surface area (Å²) in [5.74, 6) is 0.418. The number of halogens is 1. The first-order valence-electron chi connectivity index (χ1n) is 9.89. The third-order valence-electron chi connectivity index (χ3n) is 5.96. The maximum absolute atomic E-state index is 13.2. The van der Waals surface area contributed by atoms with Crippen molar-refractivity contribution in [3.63, 3.8) is 0 Å². The average Bonchev–Trinajstić information content (AvgIpc) is 3.21. The molecule has 2 fully saturated rings. The van der Waals surface area contributed by atoms with Crippen molar-refractivity contribution in [1.29, 1.82) is 0 Å². The van der Waals surface area contributed by atoms with E-state index < -0.39 is 6.04 Å². The van der Waals surface area contributed by atoms with Gasteiger partial charge >= 0.3 is 0 Å². The zero-order chi connectivity index (χ0) is 21.7. The molecular weight excluding hydrogens is 464 g/mol. The largest absolute Gasteiger partial charge is 0.398 e. The lowest BCUT2D eigenvalue weighted by atomic mass is 10.1. The SMILES string of the molecule is Nc1c(C=O)cnc2c1ccn2CC(=O)N1C2C[C@@H]2C[C@H]1C(=O)Nc1cccc(Br)n1. The maximum atomic E-state index is 13.2. The normalized spacial score (nSPS) is 21.7. The Morgan fingerprint density at radius 2 is 2.13 bits per heavy atom. The fourth-order valence-electron chi connectivity index (χ4n) is 4.36. The summed E-state index contributed by atoms with van der Waals surface area (Å²) >= 11 is 3.29. The fourth-order valence-corrected chi connectivity index (χ4v) is 4.70. The van der Waals surface area contributed by atoms with Gasteiger partial charge in [0.25, 0.3) is 0 Å². The summed E-state index contributed by atoms with van der Waals surface area (Å²) in [6.45, 7) is 0.0402. The molecule has 3 aromatic heterocycles. The Balaban J connectivity index is 1.36. The van der Waals surface area contributed by atoms with Crippen molar-refractivity contribution in [2.24, 2.45) is 5.92 Å². The minimum atomic E-state index is -0.529. The van der Waals surface area contributed by atoms with Crippen LogP contribution >= 0.6 is 15.9 Å². The minimum Gasteiger partial charge on any atom is -0.398 e. The predicted octanol–water partition coefficient (Wildman–Crippen LogP) is 2.22. The minimum absolute atomic E-state index is 0.0402. The smallest absolute Gasteiger partial charge is 0.248 e. The number of aromatic nitrogens is 3. The lowest BCUT2D eigenvalue weighted by Gasteiger charge is -2.27. The second-order valence-corrected chi connectivity index (χ2v) is 8.69. The van der Waals surface area contributed by atoms with Crippen molar-refractivity contribution in [3.8, 4) is 0 Å². The molecule has 10 heteroatoms. The number of fused-ring (bicyclic) bond motifs is 2. The molecule has 31 heavy (non-hydrogen) atoms. The van der Waals surface area contributed by atoms with Crippen LogP contribution in [0.25, 0.3) is 11.0 Å². The van der Waals surface area contributed by atoms with E-state index in [1.165, 1.54) is 6.20 Å². The Bertz CT molecular complexity index is 1230. The Morgan fingerprint density at radius 1 is 1.29 bits per heavy atom. The molecule has 3 N–H and O–H groups in total. The van der Waals surface area contributed by atoms with Gasteiger partial charge in [-0.2, -0.15) is 0 Å². The first kappa shape index (κ1) is 19.7. The number of carbonyl (C=O) groups excluding carboxylic acids is 3. The van der Waals surface area contributed by atoms with Crippen LogP contribution in [-0.2, 0) is 16.1 Å². The molecule has 0 radical (unpaired) electrons. The molecule has 1 saturated carbocycles. The highest BCUT2D eigenvalue weighted by atomic mass is 79.9. The number of carbonyl (C=O) groups is 3. The van der Waals surface area contributed by atoms with Crippen molar-refractivity contribution in [3.05, 3.63) is 46.8 Å². The standard InChI is InChI=1S/C21H19BrN6O3/c22-16-2-1-3-17(25-16)26-21(31)15-7-11-6-14(11)28(15)18(30)9-27-5-4-13-19(23)12(10-29)8-24-20(13)27/h1-5,8,10-11,14-15H,6-7,9H2,(H2,23,24)(H,25,26,31)/t11-,14?,15+/m1/s1. The molecule has 0 aromatic carbocycles. The van der Waals surface area contributed by atoms with Crippen molar-refractivity contribution < 1.29 is 14.4 Å². The van der Waals surface area contributed by atoms with E-state index in [4.69, 9.17) is 5.73 Å². The van der Waals surface area contributed by atoms with Gasteiger partial charge in [0, 0.05) is 23.8 Å². The van der Waals surface area contributed by atoms with Crippen LogP contribution in [0, 0.1) is 5.92 Å². The van der Waals surface area contributed by atoms with Gasteiger partial charge in [0.15, 0.2) is 6.29 Å². The van der Waals surface area contributed by atoms with Gasteiger partial charge < -0.3 is 20.5 Å². The van der Waals surface area contributed by atoms with Gasteiger partial charge in [-0.15, -0.1) is 0 Å². The lowest BCUT2D eigenvalue weighted by Crippen LogP contribution is -2.46. The zero-order valence-electron chi connectivity index (χ0n) is 16.4. The van der Waals surface area contributed by atoms with Gasteiger partial charge in [-0.3, -0.25) is 14.4 Å². The molecule has 1 unspecified atom stereocenters. The van der Waals surface area contributed by atoms with Crippen LogP contribution in [-0.4, -0.2) is 49.6 Å². The van der Waals surface area contributed by atoms with Gasteiger partial charge in [0.2, 0.25) is 11.8 Å². The van der Waals surface area contributed by atoms with Crippen LogP contribution in [0.3, 0.4) is 0 Å². The monoisotopic (exact) mass is 482 g/mol. The number of rotatable bonds is 5. The van der Waals surface area contributed by atoms with Crippen LogP contribution in [0.4, 0.5) is 11.5 Å². The molecular formula is C21H19BrN6O3. The summed E-state index contributed by atoms with van der Waals surface area (Å²) in [5.41, 5.74) is 7.21. The number of pyridine rings is 2. The van der Waals surface area contributed by atoms with Crippen molar-refractivity contribution in [2.75, 3.05) is 11.1 Å². The number of nitrogens with two attached hydrogens (primary N) is 1. The number of likely N-dealkylation sites (tertiary alicyclic amines) is 1. The Labute approximate surface area is 185 Å². The van der Waals surface area contributed by atoms with E-state index in [2.05, 4.69) is 31.2 Å². The highest BCUT2D eigenvalue weighted by Crippen LogP contribution is 2.48. The zero-order valence-corrected chi connectivity index (χ0v) is 17.9. The number of aldehydes is 1. The third-order valence-corrected chi connectivity index (χ3v) is 6.40. The maximum Gasteiger partial charge on any atom is 0.248 e. The topological polar surface area (TPSA) is 123 Å². The van der Waals surface area contributed by atoms with Gasteiger partial charge in [-0.1, -0.05) is 6.07 Å². The van der Waals surface area contributed by atoms with Crippen molar-refractivity contribution in [2.45, 2.75) is 31.5 Å². The molecule has 2 aliphatic rings. The van der Waals surface area contributed by atoms with E-state index in [9.17, 15) is 14.4 Å². The average molecular weight is 483 g/mol. The summed E-state index contributed by atoms with van der Waals surface area (Å²) in [5, 5.41) is 3.44. The summed E-state index contributed by atoms with van der Waals surface area (Å²) < 4.78 is 2.32. The number of nitrogen functional groups attached to an aromatic ring is 1. The van der Waals surface area contributed by atoms with Crippen LogP contribution in [0.15, 0.2) is 41.3 Å². The summed E-state index contributed by atoms with van der Waals surface area (Å²) in [7, 11) is 0. The Morgan fingerprint density at radius 3 is 2.90 bits per heavy atom. The molecule has 158 valence electrons. The quantitative estimate of drug-likeness (QED) is 0.424. The van der Waals surface area contributed by atoms with Gasteiger partial charge in [-0.05, 0) is 52.9 Å². The molecule has 9 nitrogen and oxygen atoms in total. The summed E-state index contributed by atoms with van der Waals surface area (Å²) in [4.78, 5) is 47.4. The van der Waals surface area contributed by atoms with Gasteiger partial charge in [0.1, 0.15) is 28.7 Å². The molecule has 2 amide bonds. The number of anilines is 2. The van der Waals surface area contributed by atoms with E-state index in [1.807, 2.05) is 0 Å². The molecule has 0 bridgehead atoms. The second kappa shape index (κ2) is 7.45. The van der Waals surface area contributed by atoms with E-state index in [-0.39, 0.29) is 24.4 Å². The summed E-state index contributed by atoms with van der Waals surface area (Å²) in [6, 6.07) is 6.58. The first-order valence-corrected chi connectivity index (χ1v) is 10.7. The predicted molar refractivity (Wildman–Crippen MR) is 117 cm³/mol. The lowest BCUT2D eigenvalue weighted by molar-refractivity contribution is -0.138. The van der Waals surface area contributed by atoms with Crippen LogP contribution in [0.1, 0.15) is 23.2 Å². The van der Waals surface area contributed by atoms with E-state index >= 15 is 0 Å². The molecule has 3 aromatic rings. The number of hydrogen-bond acceptors (Lipinski definition) is 6. The molecule has 1 saturated heterocycles. The molecule has 1 aliphatic carbocycles. The van der Waals surface area contributed by atoms with Gasteiger partial charge in [0.05, 0.1) is 11.3 Å². The van der Waals surface area contributed by atoms with Crippen LogP contribution < -0.4 is 11.1 Å². The third kappa shape index (κ3) is 3.46. The molecule has 0 spiro atoms. The number of piperidine rings is 1. The highest BCUT2D eigenvalue weighted by molar-refractivity contribution is 9.10. The molecule has 4 heterocycles. The highest BCUT2D eigenvalue weighted by Gasteiger charge is 2.56. The summed E-state index contributed by atoms with van der Waals surface area (Å²) in [6.07, 6.45) is 5.35. The van der Waals surface area contributed by atoms with Gasteiger partial charge in [-0.25, -0.2) is 9.97 Å². The molecule has 1 aliphatic heterocycles. The fraction of sp³-hybridized carbons (Fsp3) is 0.286. The number of nitrogens with zero attached hydrogens (tertiary/aromatic N) is 4. The van der Waals surface area contributed by atoms with Crippen molar-refractivity contribution in [1.82, 2.24) is 19.4 Å². The molecule has 3 atom stereocenters.